The molecule has 1 aromatic carbocycles. The van der Waals surface area contributed by atoms with Crippen LogP contribution in [0.4, 0.5) is 10.5 Å². The number of anilines is 1. The Kier molecular flexibility index (Phi) is 4.45. The molecule has 1 saturated heterocycles. The van der Waals surface area contributed by atoms with Gasteiger partial charge in [0, 0.05) is 30.2 Å². The summed E-state index contributed by atoms with van der Waals surface area (Å²) in [6.45, 7) is 2.86. The summed E-state index contributed by atoms with van der Waals surface area (Å²) >= 11 is 0. The van der Waals surface area contributed by atoms with Crippen molar-refractivity contribution in [2.45, 2.75) is 25.4 Å². The van der Waals surface area contributed by atoms with Crippen molar-refractivity contribution < 1.29 is 9.90 Å². The average molecular weight is 314 g/mol. The van der Waals surface area contributed by atoms with Crippen LogP contribution in [-0.2, 0) is 0 Å². The molecule has 0 radical (unpaired) electrons. The number of aromatic nitrogens is 1. The van der Waals surface area contributed by atoms with Gasteiger partial charge in [0.1, 0.15) is 0 Å². The van der Waals surface area contributed by atoms with Gasteiger partial charge in [-0.3, -0.25) is 9.88 Å². The zero-order chi connectivity index (χ0) is 16.4. The number of pyridine rings is 1. The van der Waals surface area contributed by atoms with Crippen LogP contribution in [0.2, 0.25) is 0 Å². The van der Waals surface area contributed by atoms with E-state index in [1.165, 1.54) is 0 Å². The quantitative estimate of drug-likeness (QED) is 0.806. The van der Waals surface area contributed by atoms with E-state index in [1.54, 1.807) is 6.20 Å². The van der Waals surface area contributed by atoms with E-state index < -0.39 is 0 Å². The van der Waals surface area contributed by atoms with Crippen LogP contribution in [0.15, 0.2) is 30.5 Å². The second kappa shape index (κ2) is 6.52. The Hall–Kier alpha value is -2.18. The summed E-state index contributed by atoms with van der Waals surface area (Å²) < 4.78 is 0. The van der Waals surface area contributed by atoms with E-state index in [-0.39, 0.29) is 24.7 Å². The summed E-state index contributed by atoms with van der Waals surface area (Å²) in [6.07, 6.45) is 2.51. The standard InChI is InChI=1S/C17H22N4O2/c1-11-5-6-15(14-4-3-7-18-16(11)14)20-17(23)19-12-8-13(10-22)21(2)9-12/h3-7,12-13,22H,8-10H2,1-2H3,(H2,19,20,23)/t12-,13+/m1/s1. The SMILES string of the molecule is Cc1ccc(NC(=O)N[C@@H]2C[C@@H](CO)N(C)C2)c2cccnc12. The summed E-state index contributed by atoms with van der Waals surface area (Å²) in [5, 5.41) is 16.1. The summed E-state index contributed by atoms with van der Waals surface area (Å²) in [6, 6.07) is 7.61. The minimum Gasteiger partial charge on any atom is -0.395 e. The molecule has 0 bridgehead atoms. The Morgan fingerprint density at radius 2 is 2.26 bits per heavy atom. The number of fused-ring (bicyclic) bond motifs is 1. The number of aliphatic hydroxyl groups is 1. The molecule has 1 aliphatic rings. The fraction of sp³-hybridized carbons (Fsp3) is 0.412. The molecular weight excluding hydrogens is 292 g/mol. The average Bonchev–Trinajstić information content (AvgIpc) is 2.90. The number of hydrogen-bond acceptors (Lipinski definition) is 4. The number of aliphatic hydroxyl groups excluding tert-OH is 1. The second-order valence-corrected chi connectivity index (χ2v) is 6.14. The van der Waals surface area contributed by atoms with Gasteiger partial charge in [-0.2, -0.15) is 0 Å². The van der Waals surface area contributed by atoms with Crippen LogP contribution in [-0.4, -0.2) is 53.3 Å². The molecule has 0 unspecified atom stereocenters. The molecule has 1 fully saturated rings. The normalized spacial score (nSPS) is 21.5. The van der Waals surface area contributed by atoms with Crippen LogP contribution in [0.3, 0.4) is 0 Å². The fourth-order valence-corrected chi connectivity index (χ4v) is 3.16. The Labute approximate surface area is 135 Å². The number of likely N-dealkylation sites (N-methyl/N-ethyl adjacent to an activating group) is 1. The number of aryl methyl sites for hydroxylation is 1. The van der Waals surface area contributed by atoms with Crippen molar-refractivity contribution >= 4 is 22.6 Å². The van der Waals surface area contributed by atoms with Crippen LogP contribution >= 0.6 is 0 Å². The molecule has 0 spiro atoms. The number of rotatable bonds is 3. The zero-order valence-corrected chi connectivity index (χ0v) is 13.4. The Morgan fingerprint density at radius 1 is 1.43 bits per heavy atom. The summed E-state index contributed by atoms with van der Waals surface area (Å²) in [7, 11) is 1.96. The molecule has 0 aliphatic carbocycles. The molecule has 23 heavy (non-hydrogen) atoms. The largest absolute Gasteiger partial charge is 0.395 e. The van der Waals surface area contributed by atoms with E-state index in [0.717, 1.165) is 35.1 Å². The molecule has 6 nitrogen and oxygen atoms in total. The van der Waals surface area contributed by atoms with Gasteiger partial charge in [0.25, 0.3) is 0 Å². The van der Waals surface area contributed by atoms with E-state index in [4.69, 9.17) is 0 Å². The smallest absolute Gasteiger partial charge is 0.319 e. The molecule has 3 N–H and O–H groups in total. The molecule has 2 amide bonds. The summed E-state index contributed by atoms with van der Waals surface area (Å²) in [4.78, 5) is 18.7. The minimum atomic E-state index is -0.226. The Bertz CT molecular complexity index is 719. The Balaban J connectivity index is 1.71. The molecule has 1 aromatic heterocycles. The van der Waals surface area contributed by atoms with E-state index in [0.29, 0.717) is 0 Å². The van der Waals surface area contributed by atoms with Crippen molar-refractivity contribution in [1.29, 1.82) is 0 Å². The van der Waals surface area contributed by atoms with Crippen molar-refractivity contribution in [1.82, 2.24) is 15.2 Å². The number of hydrogen-bond donors (Lipinski definition) is 3. The lowest BCUT2D eigenvalue weighted by molar-refractivity contribution is 0.182. The molecule has 3 rings (SSSR count). The first kappa shape index (κ1) is 15.7. The van der Waals surface area contributed by atoms with Crippen LogP contribution in [0.1, 0.15) is 12.0 Å². The zero-order valence-electron chi connectivity index (χ0n) is 13.4. The van der Waals surface area contributed by atoms with Crippen molar-refractivity contribution in [3.63, 3.8) is 0 Å². The van der Waals surface area contributed by atoms with Crippen molar-refractivity contribution in [3.05, 3.63) is 36.0 Å². The van der Waals surface area contributed by atoms with Crippen LogP contribution < -0.4 is 10.6 Å². The molecule has 122 valence electrons. The highest BCUT2D eigenvalue weighted by Crippen LogP contribution is 2.24. The fourth-order valence-electron chi connectivity index (χ4n) is 3.16. The number of nitrogens with one attached hydrogen (secondary N) is 2. The Morgan fingerprint density at radius 3 is 3.00 bits per heavy atom. The van der Waals surface area contributed by atoms with Crippen molar-refractivity contribution in [3.8, 4) is 0 Å². The maximum atomic E-state index is 12.3. The number of benzene rings is 1. The maximum Gasteiger partial charge on any atom is 0.319 e. The van der Waals surface area contributed by atoms with Gasteiger partial charge in [0.05, 0.1) is 17.8 Å². The molecule has 1 aliphatic heterocycles. The predicted octanol–water partition coefficient (Wildman–Crippen LogP) is 1.73. The first-order valence-corrected chi connectivity index (χ1v) is 7.81. The van der Waals surface area contributed by atoms with Crippen molar-refractivity contribution in [2.75, 3.05) is 25.5 Å². The van der Waals surface area contributed by atoms with Gasteiger partial charge < -0.3 is 15.7 Å². The third kappa shape index (κ3) is 3.28. The molecule has 0 saturated carbocycles. The number of amides is 2. The molecule has 2 heterocycles. The predicted molar refractivity (Wildman–Crippen MR) is 90.5 cm³/mol. The molecule has 2 aromatic rings. The monoisotopic (exact) mass is 314 g/mol. The van der Waals surface area contributed by atoms with E-state index in [1.807, 2.05) is 38.2 Å². The van der Waals surface area contributed by atoms with Crippen LogP contribution in [0.5, 0.6) is 0 Å². The van der Waals surface area contributed by atoms with Crippen molar-refractivity contribution in [2.24, 2.45) is 0 Å². The highest BCUT2D eigenvalue weighted by atomic mass is 16.3. The first-order chi connectivity index (χ1) is 11.1. The van der Waals surface area contributed by atoms with Gasteiger partial charge in [0.15, 0.2) is 0 Å². The van der Waals surface area contributed by atoms with E-state index in [9.17, 15) is 9.90 Å². The van der Waals surface area contributed by atoms with Gasteiger partial charge in [-0.25, -0.2) is 4.79 Å². The van der Waals surface area contributed by atoms with Crippen LogP contribution in [0.25, 0.3) is 10.9 Å². The molecule has 2 atom stereocenters. The van der Waals surface area contributed by atoms with E-state index in [2.05, 4.69) is 20.5 Å². The summed E-state index contributed by atoms with van der Waals surface area (Å²) in [5.74, 6) is 0. The van der Waals surface area contributed by atoms with E-state index >= 15 is 0 Å². The first-order valence-electron chi connectivity index (χ1n) is 7.81. The highest BCUT2D eigenvalue weighted by Gasteiger charge is 2.29. The third-order valence-corrected chi connectivity index (χ3v) is 4.45. The van der Waals surface area contributed by atoms with Gasteiger partial charge in [-0.15, -0.1) is 0 Å². The topological polar surface area (TPSA) is 77.5 Å². The molecular formula is C17H22N4O2. The lowest BCUT2D eigenvalue weighted by Crippen LogP contribution is -2.39. The minimum absolute atomic E-state index is 0.0481. The second-order valence-electron chi connectivity index (χ2n) is 6.14. The van der Waals surface area contributed by atoms with Gasteiger partial charge in [-0.1, -0.05) is 6.07 Å². The summed E-state index contributed by atoms with van der Waals surface area (Å²) in [5.41, 5.74) is 2.72. The number of carbonyl (C=O) groups excluding carboxylic acids is 1. The maximum absolute atomic E-state index is 12.3. The number of carbonyl (C=O) groups is 1. The van der Waals surface area contributed by atoms with Gasteiger partial charge in [0.2, 0.25) is 0 Å². The number of urea groups is 1. The van der Waals surface area contributed by atoms with Gasteiger partial charge in [-0.05, 0) is 44.2 Å². The number of likely N-dealkylation sites (tertiary alicyclic amines) is 1. The van der Waals surface area contributed by atoms with Gasteiger partial charge >= 0.3 is 6.03 Å². The lowest BCUT2D eigenvalue weighted by atomic mass is 10.1. The third-order valence-electron chi connectivity index (χ3n) is 4.45. The number of nitrogens with zero attached hydrogens (tertiary/aromatic N) is 2. The lowest BCUT2D eigenvalue weighted by Gasteiger charge is -2.15. The van der Waals surface area contributed by atoms with Crippen LogP contribution in [0, 0.1) is 6.92 Å². The highest BCUT2D eigenvalue weighted by molar-refractivity contribution is 6.01. The molecule has 6 heteroatoms.